The van der Waals surface area contributed by atoms with Crippen molar-refractivity contribution in [3.05, 3.63) is 42.5 Å². The van der Waals surface area contributed by atoms with Crippen LogP contribution in [0.25, 0.3) is 6.08 Å². The Morgan fingerprint density at radius 3 is 1.71 bits per heavy atom. The van der Waals surface area contributed by atoms with Crippen molar-refractivity contribution in [3.8, 4) is 0 Å². The van der Waals surface area contributed by atoms with E-state index in [1.165, 1.54) is 70.0 Å². The Labute approximate surface area is 132 Å². The first-order chi connectivity index (χ1) is 10.3. The third kappa shape index (κ3) is 15.1. The lowest BCUT2D eigenvalue weighted by atomic mass is 10.2. The van der Waals surface area contributed by atoms with Crippen molar-refractivity contribution >= 4 is 6.08 Å². The smallest absolute Gasteiger partial charge is 0.00489 e. The van der Waals surface area contributed by atoms with Crippen LogP contribution in [0.15, 0.2) is 36.9 Å². The highest BCUT2D eigenvalue weighted by molar-refractivity contribution is 5.45. The van der Waals surface area contributed by atoms with E-state index in [2.05, 4.69) is 25.7 Å². The maximum atomic E-state index is 3.63. The molecule has 1 aromatic carbocycles. The van der Waals surface area contributed by atoms with Gasteiger partial charge in [-0.25, -0.2) is 0 Å². The highest BCUT2D eigenvalue weighted by Gasteiger charge is 1.89. The molecule has 0 aromatic heterocycles. The van der Waals surface area contributed by atoms with E-state index in [9.17, 15) is 0 Å². The summed E-state index contributed by atoms with van der Waals surface area (Å²) in [6.07, 6.45) is 12.8. The Bertz CT molecular complexity index is 295. The highest BCUT2D eigenvalue weighted by Crippen LogP contribution is 1.99. The van der Waals surface area contributed by atoms with Gasteiger partial charge < -0.3 is 5.32 Å². The van der Waals surface area contributed by atoms with Gasteiger partial charge in [0.25, 0.3) is 0 Å². The molecule has 0 amide bonds. The van der Waals surface area contributed by atoms with Crippen LogP contribution < -0.4 is 5.32 Å². The minimum Gasteiger partial charge on any atom is -0.317 e. The Balaban J connectivity index is 0.000000423. The summed E-state index contributed by atoms with van der Waals surface area (Å²) >= 11 is 0. The first-order valence-electron chi connectivity index (χ1n) is 8.73. The summed E-state index contributed by atoms with van der Waals surface area (Å²) in [5.74, 6) is 0. The van der Waals surface area contributed by atoms with Crippen LogP contribution in [0.5, 0.6) is 0 Å². The van der Waals surface area contributed by atoms with Gasteiger partial charge in [-0.1, -0.05) is 95.4 Å². The molecule has 0 aliphatic heterocycles. The fourth-order valence-electron chi connectivity index (χ4n) is 2.07. The molecule has 0 heterocycles. The number of benzene rings is 1. The van der Waals surface area contributed by atoms with Crippen molar-refractivity contribution in [2.45, 2.75) is 65.2 Å². The summed E-state index contributed by atoms with van der Waals surface area (Å²) in [6.45, 7) is 10.6. The second-order valence-corrected chi connectivity index (χ2v) is 5.49. The van der Waals surface area contributed by atoms with Crippen LogP contribution in [0.2, 0.25) is 0 Å². The molecule has 1 aromatic rings. The molecular formula is C20H35N. The topological polar surface area (TPSA) is 12.0 Å². The third-order valence-electron chi connectivity index (χ3n) is 3.45. The molecule has 0 fully saturated rings. The molecule has 0 aliphatic rings. The van der Waals surface area contributed by atoms with E-state index in [0.717, 1.165) is 0 Å². The Kier molecular flexibility index (Phi) is 16.1. The van der Waals surface area contributed by atoms with Gasteiger partial charge in [0.15, 0.2) is 0 Å². The van der Waals surface area contributed by atoms with E-state index < -0.39 is 0 Å². The zero-order chi connectivity index (χ0) is 15.6. The fraction of sp³-hybridized carbons (Fsp3) is 0.600. The van der Waals surface area contributed by atoms with Crippen LogP contribution in [-0.2, 0) is 0 Å². The molecule has 0 spiro atoms. The lowest BCUT2D eigenvalue weighted by Gasteiger charge is -2.03. The zero-order valence-electron chi connectivity index (χ0n) is 14.2. The molecule has 21 heavy (non-hydrogen) atoms. The highest BCUT2D eigenvalue weighted by atomic mass is 14.8. The molecule has 0 saturated carbocycles. The SMILES string of the molecule is C=Cc1ccccc1.CCCCCCNCCCCCC. The Hall–Kier alpha value is -1.08. The number of nitrogens with one attached hydrogen (secondary N) is 1. The molecule has 0 bridgehead atoms. The average Bonchev–Trinajstić information content (AvgIpc) is 2.55. The molecule has 0 aliphatic carbocycles. The second kappa shape index (κ2) is 17.0. The zero-order valence-corrected chi connectivity index (χ0v) is 14.2. The predicted molar refractivity (Wildman–Crippen MR) is 97.7 cm³/mol. The van der Waals surface area contributed by atoms with Crippen molar-refractivity contribution in [3.63, 3.8) is 0 Å². The fourth-order valence-corrected chi connectivity index (χ4v) is 2.07. The molecule has 0 atom stereocenters. The predicted octanol–water partition coefficient (Wildman–Crippen LogP) is 6.07. The number of hydrogen-bond acceptors (Lipinski definition) is 1. The summed E-state index contributed by atoms with van der Waals surface area (Å²) < 4.78 is 0. The molecule has 0 saturated heterocycles. The van der Waals surface area contributed by atoms with Gasteiger partial charge in [-0.2, -0.15) is 0 Å². The lowest BCUT2D eigenvalue weighted by molar-refractivity contribution is 0.564. The molecule has 1 rings (SSSR count). The minimum atomic E-state index is 1.17. The van der Waals surface area contributed by atoms with Crippen molar-refractivity contribution in [2.75, 3.05) is 13.1 Å². The van der Waals surface area contributed by atoms with Crippen LogP contribution in [0.1, 0.15) is 70.8 Å². The minimum absolute atomic E-state index is 1.17. The van der Waals surface area contributed by atoms with Crippen molar-refractivity contribution in [2.24, 2.45) is 0 Å². The van der Waals surface area contributed by atoms with Gasteiger partial charge >= 0.3 is 0 Å². The molecule has 0 unspecified atom stereocenters. The van der Waals surface area contributed by atoms with E-state index >= 15 is 0 Å². The first-order valence-corrected chi connectivity index (χ1v) is 8.73. The summed E-state index contributed by atoms with van der Waals surface area (Å²) in [7, 11) is 0. The van der Waals surface area contributed by atoms with Crippen LogP contribution in [0.4, 0.5) is 0 Å². The van der Waals surface area contributed by atoms with Gasteiger partial charge in [-0.05, 0) is 31.5 Å². The van der Waals surface area contributed by atoms with Crippen LogP contribution in [0.3, 0.4) is 0 Å². The number of unbranched alkanes of at least 4 members (excludes halogenated alkanes) is 6. The van der Waals surface area contributed by atoms with Gasteiger partial charge in [-0.3, -0.25) is 0 Å². The Morgan fingerprint density at radius 2 is 1.33 bits per heavy atom. The molecule has 120 valence electrons. The second-order valence-electron chi connectivity index (χ2n) is 5.49. The van der Waals surface area contributed by atoms with Gasteiger partial charge in [-0.15, -0.1) is 0 Å². The number of hydrogen-bond donors (Lipinski definition) is 1. The summed E-state index contributed by atoms with van der Waals surface area (Å²) in [6, 6.07) is 10.0. The normalized spacial score (nSPS) is 9.81. The average molecular weight is 290 g/mol. The maximum Gasteiger partial charge on any atom is -0.00489 e. The lowest BCUT2D eigenvalue weighted by Crippen LogP contribution is -2.16. The van der Waals surface area contributed by atoms with Crippen LogP contribution >= 0.6 is 0 Å². The molecule has 1 nitrogen and oxygen atoms in total. The van der Waals surface area contributed by atoms with E-state index in [-0.39, 0.29) is 0 Å². The van der Waals surface area contributed by atoms with E-state index in [1.54, 1.807) is 0 Å². The standard InChI is InChI=1S/C12H27N.C8H8/c1-3-5-7-9-11-13-12-10-8-6-4-2;1-2-8-6-4-3-5-7-8/h13H,3-12H2,1-2H3;2-7H,1H2. The maximum absolute atomic E-state index is 3.63. The van der Waals surface area contributed by atoms with Crippen molar-refractivity contribution in [1.29, 1.82) is 0 Å². The van der Waals surface area contributed by atoms with E-state index in [4.69, 9.17) is 0 Å². The van der Waals surface area contributed by atoms with E-state index in [0.29, 0.717) is 0 Å². The van der Waals surface area contributed by atoms with Crippen molar-refractivity contribution < 1.29 is 0 Å². The Morgan fingerprint density at radius 1 is 0.810 bits per heavy atom. The van der Waals surface area contributed by atoms with Crippen molar-refractivity contribution in [1.82, 2.24) is 5.32 Å². The molecule has 1 heteroatoms. The van der Waals surface area contributed by atoms with E-state index in [1.807, 2.05) is 36.4 Å². The van der Waals surface area contributed by atoms with Gasteiger partial charge in [0.2, 0.25) is 0 Å². The number of rotatable bonds is 11. The summed E-state index contributed by atoms with van der Waals surface area (Å²) in [4.78, 5) is 0. The summed E-state index contributed by atoms with van der Waals surface area (Å²) in [5, 5.41) is 3.50. The largest absolute Gasteiger partial charge is 0.317 e. The third-order valence-corrected chi connectivity index (χ3v) is 3.45. The van der Waals surface area contributed by atoms with Gasteiger partial charge in [0.1, 0.15) is 0 Å². The molecular weight excluding hydrogens is 254 g/mol. The monoisotopic (exact) mass is 289 g/mol. The summed E-state index contributed by atoms with van der Waals surface area (Å²) in [5.41, 5.74) is 1.17. The molecule has 1 N–H and O–H groups in total. The quantitative estimate of drug-likeness (QED) is 0.488. The molecule has 0 radical (unpaired) electrons. The van der Waals surface area contributed by atoms with Gasteiger partial charge in [0.05, 0.1) is 0 Å². The van der Waals surface area contributed by atoms with Gasteiger partial charge in [0, 0.05) is 0 Å². The first kappa shape index (κ1) is 19.9. The van der Waals surface area contributed by atoms with Crippen LogP contribution in [-0.4, -0.2) is 13.1 Å². The van der Waals surface area contributed by atoms with Crippen LogP contribution in [0, 0.1) is 0 Å².